The number of fused-ring (bicyclic) bond motifs is 1. The molecule has 3 N–H and O–H groups in total. The van der Waals surface area contributed by atoms with Crippen LogP contribution in [0.25, 0.3) is 10.8 Å². The highest BCUT2D eigenvalue weighted by atomic mass is 16.2. The lowest BCUT2D eigenvalue weighted by Gasteiger charge is -2.36. The number of hydrogen-bond acceptors (Lipinski definition) is 4. The Hall–Kier alpha value is -3.41. The molecular formula is C26H30N4O2. The van der Waals surface area contributed by atoms with E-state index in [1.165, 1.54) is 6.42 Å². The van der Waals surface area contributed by atoms with Gasteiger partial charge in [-0.15, -0.1) is 0 Å². The Kier molecular flexibility index (Phi) is 6.69. The van der Waals surface area contributed by atoms with Crippen molar-refractivity contribution < 1.29 is 9.59 Å². The summed E-state index contributed by atoms with van der Waals surface area (Å²) in [6.45, 7) is 2.07. The minimum absolute atomic E-state index is 0.0524. The number of benzene rings is 2. The number of pyridine rings is 1. The molecule has 6 heteroatoms. The molecule has 2 amide bonds. The number of nitrogens with two attached hydrogens (primary N) is 1. The number of nitrogens with one attached hydrogen (secondary N) is 1. The van der Waals surface area contributed by atoms with Gasteiger partial charge in [0.05, 0.1) is 6.04 Å². The summed E-state index contributed by atoms with van der Waals surface area (Å²) in [6.07, 6.45) is 7.20. The molecule has 1 heterocycles. The third-order valence-electron chi connectivity index (χ3n) is 6.37. The average molecular weight is 431 g/mol. The molecular weight excluding hydrogens is 400 g/mol. The van der Waals surface area contributed by atoms with E-state index in [9.17, 15) is 9.59 Å². The van der Waals surface area contributed by atoms with Crippen LogP contribution >= 0.6 is 0 Å². The maximum Gasteiger partial charge on any atom is 0.251 e. The van der Waals surface area contributed by atoms with Gasteiger partial charge in [-0.1, -0.05) is 55.7 Å². The minimum atomic E-state index is -0.309. The topological polar surface area (TPSA) is 88.3 Å². The van der Waals surface area contributed by atoms with Crippen LogP contribution in [-0.4, -0.2) is 34.3 Å². The number of amides is 2. The quantitative estimate of drug-likeness (QED) is 0.604. The number of anilines is 1. The zero-order valence-corrected chi connectivity index (χ0v) is 18.5. The summed E-state index contributed by atoms with van der Waals surface area (Å²) in [5, 5.41) is 4.86. The highest BCUT2D eigenvalue weighted by Crippen LogP contribution is 2.26. The van der Waals surface area contributed by atoms with Crippen molar-refractivity contribution in [2.75, 3.05) is 12.3 Å². The Morgan fingerprint density at radius 2 is 1.84 bits per heavy atom. The van der Waals surface area contributed by atoms with Gasteiger partial charge in [0, 0.05) is 36.7 Å². The Morgan fingerprint density at radius 1 is 1.09 bits per heavy atom. The molecule has 32 heavy (non-hydrogen) atoms. The van der Waals surface area contributed by atoms with Crippen LogP contribution in [0.5, 0.6) is 0 Å². The van der Waals surface area contributed by atoms with Crippen molar-refractivity contribution in [1.29, 1.82) is 0 Å². The van der Waals surface area contributed by atoms with Gasteiger partial charge in [-0.3, -0.25) is 9.59 Å². The van der Waals surface area contributed by atoms with E-state index in [0.29, 0.717) is 17.9 Å². The predicted octanol–water partition coefficient (Wildman–Crippen LogP) is 4.47. The Balaban J connectivity index is 1.60. The smallest absolute Gasteiger partial charge is 0.251 e. The van der Waals surface area contributed by atoms with Crippen molar-refractivity contribution in [1.82, 2.24) is 15.2 Å². The van der Waals surface area contributed by atoms with Crippen molar-refractivity contribution in [2.45, 2.75) is 51.1 Å². The molecule has 0 saturated heterocycles. The van der Waals surface area contributed by atoms with E-state index >= 15 is 0 Å². The maximum absolute atomic E-state index is 13.2. The lowest BCUT2D eigenvalue weighted by atomic mass is 9.93. The number of carbonyl (C=O) groups excluding carboxylic acids is 2. The molecule has 0 spiro atoms. The molecule has 1 fully saturated rings. The Morgan fingerprint density at radius 3 is 2.56 bits per heavy atom. The molecule has 4 rings (SSSR count). The van der Waals surface area contributed by atoms with Crippen molar-refractivity contribution in [3.63, 3.8) is 0 Å². The molecule has 0 aliphatic heterocycles. The SMILES string of the molecule is CC(=O)N(C[C@H](NC(=O)c1ccc2ccnc(N)c2c1)c1ccccc1)C1CCCCC1. The molecule has 2 aromatic carbocycles. The summed E-state index contributed by atoms with van der Waals surface area (Å²) in [7, 11) is 0. The van der Waals surface area contributed by atoms with Crippen LogP contribution in [0.4, 0.5) is 5.82 Å². The first kappa shape index (κ1) is 21.8. The lowest BCUT2D eigenvalue weighted by molar-refractivity contribution is -0.132. The fourth-order valence-electron chi connectivity index (χ4n) is 4.62. The second-order valence-corrected chi connectivity index (χ2v) is 8.53. The van der Waals surface area contributed by atoms with Gasteiger partial charge in [-0.25, -0.2) is 4.98 Å². The van der Waals surface area contributed by atoms with Crippen LogP contribution in [0, 0.1) is 0 Å². The van der Waals surface area contributed by atoms with Crippen LogP contribution in [0.3, 0.4) is 0 Å². The Labute approximate surface area is 188 Å². The van der Waals surface area contributed by atoms with Gasteiger partial charge in [-0.05, 0) is 42.0 Å². The molecule has 1 aliphatic carbocycles. The van der Waals surface area contributed by atoms with Crippen LogP contribution in [0.2, 0.25) is 0 Å². The van der Waals surface area contributed by atoms with E-state index in [2.05, 4.69) is 10.3 Å². The van der Waals surface area contributed by atoms with E-state index in [0.717, 1.165) is 42.0 Å². The molecule has 0 bridgehead atoms. The number of aromatic nitrogens is 1. The first-order valence-corrected chi connectivity index (χ1v) is 11.3. The van der Waals surface area contributed by atoms with Gasteiger partial charge in [0.2, 0.25) is 5.91 Å². The molecule has 3 aromatic rings. The van der Waals surface area contributed by atoms with Crippen molar-refractivity contribution >= 4 is 28.4 Å². The zero-order chi connectivity index (χ0) is 22.5. The number of nitrogens with zero attached hydrogens (tertiary/aromatic N) is 2. The Bertz CT molecular complexity index is 1090. The summed E-state index contributed by atoms with van der Waals surface area (Å²) in [4.78, 5) is 31.8. The number of rotatable bonds is 6. The first-order valence-electron chi connectivity index (χ1n) is 11.3. The number of nitrogen functional groups attached to an aromatic ring is 1. The summed E-state index contributed by atoms with van der Waals surface area (Å²) < 4.78 is 0. The van der Waals surface area contributed by atoms with Crippen LogP contribution in [0.1, 0.15) is 61.0 Å². The second kappa shape index (κ2) is 9.81. The number of hydrogen-bond donors (Lipinski definition) is 2. The van der Waals surface area contributed by atoms with E-state index in [-0.39, 0.29) is 23.9 Å². The minimum Gasteiger partial charge on any atom is -0.383 e. The summed E-state index contributed by atoms with van der Waals surface area (Å²) in [5.74, 6) is 0.254. The molecule has 1 saturated carbocycles. The van der Waals surface area contributed by atoms with E-state index < -0.39 is 0 Å². The lowest BCUT2D eigenvalue weighted by Crippen LogP contribution is -2.46. The molecule has 6 nitrogen and oxygen atoms in total. The first-order chi connectivity index (χ1) is 15.5. The van der Waals surface area contributed by atoms with E-state index in [4.69, 9.17) is 5.73 Å². The predicted molar refractivity (Wildman–Crippen MR) is 127 cm³/mol. The van der Waals surface area contributed by atoms with Crippen molar-refractivity contribution in [3.05, 3.63) is 71.9 Å². The molecule has 0 radical (unpaired) electrons. The normalized spacial score (nSPS) is 15.3. The monoisotopic (exact) mass is 430 g/mol. The third-order valence-corrected chi connectivity index (χ3v) is 6.37. The van der Waals surface area contributed by atoms with Gasteiger partial charge >= 0.3 is 0 Å². The van der Waals surface area contributed by atoms with Crippen molar-refractivity contribution in [3.8, 4) is 0 Å². The maximum atomic E-state index is 13.2. The summed E-state index contributed by atoms with van der Waals surface area (Å²) in [6, 6.07) is 17.1. The molecule has 166 valence electrons. The molecule has 1 aliphatic rings. The fourth-order valence-corrected chi connectivity index (χ4v) is 4.62. The average Bonchev–Trinajstić information content (AvgIpc) is 2.82. The standard InChI is InChI=1S/C26H30N4O2/c1-18(31)30(22-10-6-3-7-11-22)17-24(20-8-4-2-5-9-20)29-26(32)21-13-12-19-14-15-28-25(27)23(19)16-21/h2,4-5,8-9,12-16,22,24H,3,6-7,10-11,17H2,1H3,(H2,27,28)(H,29,32)/t24-/m0/s1. The summed E-state index contributed by atoms with van der Waals surface area (Å²) in [5.41, 5.74) is 7.51. The molecule has 1 atom stereocenters. The second-order valence-electron chi connectivity index (χ2n) is 8.53. The van der Waals surface area contributed by atoms with Gasteiger partial charge in [0.25, 0.3) is 5.91 Å². The number of carbonyl (C=O) groups is 2. The highest BCUT2D eigenvalue weighted by molar-refractivity contribution is 6.01. The van der Waals surface area contributed by atoms with Gasteiger partial charge in [-0.2, -0.15) is 0 Å². The zero-order valence-electron chi connectivity index (χ0n) is 18.5. The van der Waals surface area contributed by atoms with Crippen LogP contribution in [0.15, 0.2) is 60.8 Å². The van der Waals surface area contributed by atoms with Crippen molar-refractivity contribution in [2.24, 2.45) is 0 Å². The van der Waals surface area contributed by atoms with Gasteiger partial charge in [0.15, 0.2) is 0 Å². The molecule has 1 aromatic heterocycles. The highest BCUT2D eigenvalue weighted by Gasteiger charge is 2.27. The van der Waals surface area contributed by atoms with Gasteiger partial charge in [0.1, 0.15) is 5.82 Å². The van der Waals surface area contributed by atoms with E-state index in [1.807, 2.05) is 47.4 Å². The van der Waals surface area contributed by atoms with Crippen LogP contribution in [-0.2, 0) is 4.79 Å². The molecule has 0 unspecified atom stereocenters. The van der Waals surface area contributed by atoms with E-state index in [1.54, 1.807) is 25.3 Å². The van der Waals surface area contributed by atoms with Crippen LogP contribution < -0.4 is 11.1 Å². The summed E-state index contributed by atoms with van der Waals surface area (Å²) >= 11 is 0. The third kappa shape index (κ3) is 4.90. The largest absolute Gasteiger partial charge is 0.383 e. The fraction of sp³-hybridized carbons (Fsp3) is 0.346. The van der Waals surface area contributed by atoms with Gasteiger partial charge < -0.3 is 16.0 Å².